The van der Waals surface area contributed by atoms with Crippen molar-refractivity contribution in [3.8, 4) is 0 Å². The minimum absolute atomic E-state index is 0.163. The number of benzene rings is 1. The van der Waals surface area contributed by atoms with Gasteiger partial charge in [-0.15, -0.1) is 0 Å². The Hall–Kier alpha value is -1.71. The second-order valence-corrected chi connectivity index (χ2v) is 6.49. The van der Waals surface area contributed by atoms with E-state index < -0.39 is 0 Å². The van der Waals surface area contributed by atoms with Gasteiger partial charge in [-0.2, -0.15) is 0 Å². The lowest BCUT2D eigenvalue weighted by atomic mass is 9.86. The van der Waals surface area contributed by atoms with Gasteiger partial charge in [-0.3, -0.25) is 4.79 Å². The van der Waals surface area contributed by atoms with Gasteiger partial charge in [0.15, 0.2) is 0 Å². The van der Waals surface area contributed by atoms with Crippen LogP contribution in [0.15, 0.2) is 24.3 Å². The average Bonchev–Trinajstić information content (AvgIpc) is 2.54. The minimum Gasteiger partial charge on any atom is -0.381 e. The van der Waals surface area contributed by atoms with Crippen LogP contribution in [0.2, 0.25) is 0 Å². The van der Waals surface area contributed by atoms with Crippen molar-refractivity contribution in [3.63, 3.8) is 0 Å². The monoisotopic (exact) mass is 287 g/mol. The average molecular weight is 287 g/mol. The van der Waals surface area contributed by atoms with E-state index in [0.29, 0.717) is 12.6 Å². The molecule has 1 aromatic rings. The van der Waals surface area contributed by atoms with E-state index in [-0.39, 0.29) is 11.9 Å². The fourth-order valence-corrected chi connectivity index (χ4v) is 3.42. The lowest BCUT2D eigenvalue weighted by Crippen LogP contribution is -2.50. The molecule has 3 rings (SSSR count). The molecule has 0 spiro atoms. The summed E-state index contributed by atoms with van der Waals surface area (Å²) in [6.45, 7) is 2.96. The van der Waals surface area contributed by atoms with Crippen LogP contribution in [-0.2, 0) is 4.79 Å². The number of nitrogens with one attached hydrogen (secondary N) is 2. The summed E-state index contributed by atoms with van der Waals surface area (Å²) in [6, 6.07) is 8.30. The molecule has 2 N–H and O–H groups in total. The summed E-state index contributed by atoms with van der Waals surface area (Å²) in [7, 11) is 1.96. The molecule has 1 saturated carbocycles. The van der Waals surface area contributed by atoms with Crippen LogP contribution in [0.5, 0.6) is 0 Å². The summed E-state index contributed by atoms with van der Waals surface area (Å²) in [5.41, 5.74) is 2.10. The Labute approximate surface area is 126 Å². The van der Waals surface area contributed by atoms with Crippen LogP contribution in [0.1, 0.15) is 32.6 Å². The van der Waals surface area contributed by atoms with Gasteiger partial charge in [-0.05, 0) is 43.7 Å². The highest BCUT2D eigenvalue weighted by Crippen LogP contribution is 2.29. The zero-order valence-electron chi connectivity index (χ0n) is 12.9. The number of carbonyl (C=O) groups excluding carboxylic acids is 1. The Balaban J connectivity index is 1.63. The standard InChI is InChI=1S/C17H25N3O/c1-12-7-9-13(10-8-12)20(2)17(21)16-11-18-14-5-3-4-6-15(14)19-16/h3-6,12-13,16,18-19H,7-11H2,1-2H3. The Morgan fingerprint density at radius 3 is 2.52 bits per heavy atom. The van der Waals surface area contributed by atoms with Crippen molar-refractivity contribution in [1.82, 2.24) is 4.90 Å². The molecule has 1 aliphatic heterocycles. The maximum Gasteiger partial charge on any atom is 0.246 e. The summed E-state index contributed by atoms with van der Waals surface area (Å²) in [6.07, 6.45) is 4.75. The van der Waals surface area contributed by atoms with E-state index in [1.807, 2.05) is 36.2 Å². The van der Waals surface area contributed by atoms with Crippen LogP contribution in [-0.4, -0.2) is 36.5 Å². The van der Waals surface area contributed by atoms with E-state index in [1.165, 1.54) is 12.8 Å². The van der Waals surface area contributed by atoms with E-state index in [4.69, 9.17) is 0 Å². The fourth-order valence-electron chi connectivity index (χ4n) is 3.42. The second kappa shape index (κ2) is 5.96. The minimum atomic E-state index is -0.163. The maximum atomic E-state index is 12.7. The molecule has 114 valence electrons. The van der Waals surface area contributed by atoms with Crippen LogP contribution < -0.4 is 10.6 Å². The first-order chi connectivity index (χ1) is 10.1. The van der Waals surface area contributed by atoms with E-state index in [2.05, 4.69) is 17.6 Å². The van der Waals surface area contributed by atoms with Gasteiger partial charge in [0.2, 0.25) is 5.91 Å². The maximum absolute atomic E-state index is 12.7. The van der Waals surface area contributed by atoms with Crippen LogP contribution in [0.25, 0.3) is 0 Å². The van der Waals surface area contributed by atoms with Gasteiger partial charge in [0.05, 0.1) is 11.4 Å². The number of fused-ring (bicyclic) bond motifs is 1. The van der Waals surface area contributed by atoms with Crippen molar-refractivity contribution in [2.75, 3.05) is 24.2 Å². The Kier molecular flexibility index (Phi) is 4.04. The number of nitrogens with zero attached hydrogens (tertiary/aromatic N) is 1. The highest BCUT2D eigenvalue weighted by atomic mass is 16.2. The number of hydrogen-bond acceptors (Lipinski definition) is 3. The molecule has 0 saturated heterocycles. The molecule has 1 atom stereocenters. The van der Waals surface area contributed by atoms with Crippen molar-refractivity contribution in [2.45, 2.75) is 44.7 Å². The summed E-state index contributed by atoms with van der Waals surface area (Å²) in [5, 5.41) is 6.72. The largest absolute Gasteiger partial charge is 0.381 e. The molecule has 0 radical (unpaired) electrons. The molecular weight excluding hydrogens is 262 g/mol. The summed E-state index contributed by atoms with van der Waals surface area (Å²) < 4.78 is 0. The normalized spacial score (nSPS) is 28.0. The van der Waals surface area contributed by atoms with E-state index in [0.717, 1.165) is 30.1 Å². The smallest absolute Gasteiger partial charge is 0.246 e. The molecule has 0 aromatic heterocycles. The molecule has 4 heteroatoms. The van der Waals surface area contributed by atoms with Crippen molar-refractivity contribution in [1.29, 1.82) is 0 Å². The van der Waals surface area contributed by atoms with Gasteiger partial charge in [0.1, 0.15) is 6.04 Å². The third-order valence-electron chi connectivity index (χ3n) is 4.93. The molecule has 2 aliphatic rings. The first-order valence-corrected chi connectivity index (χ1v) is 8.01. The van der Waals surface area contributed by atoms with Crippen molar-refractivity contribution < 1.29 is 4.79 Å². The van der Waals surface area contributed by atoms with Crippen molar-refractivity contribution in [2.24, 2.45) is 5.92 Å². The molecule has 1 heterocycles. The van der Waals surface area contributed by atoms with Crippen molar-refractivity contribution in [3.05, 3.63) is 24.3 Å². The highest BCUT2D eigenvalue weighted by molar-refractivity contribution is 5.88. The molecule has 1 amide bonds. The number of amides is 1. The molecule has 21 heavy (non-hydrogen) atoms. The predicted molar refractivity (Wildman–Crippen MR) is 86.5 cm³/mol. The van der Waals surface area contributed by atoms with Crippen LogP contribution >= 0.6 is 0 Å². The van der Waals surface area contributed by atoms with Gasteiger partial charge in [-0.1, -0.05) is 19.1 Å². The van der Waals surface area contributed by atoms with E-state index in [9.17, 15) is 4.79 Å². The zero-order chi connectivity index (χ0) is 14.8. The molecular formula is C17H25N3O. The summed E-state index contributed by atoms with van der Waals surface area (Å²) in [4.78, 5) is 14.7. The van der Waals surface area contributed by atoms with Crippen LogP contribution in [0, 0.1) is 5.92 Å². The molecule has 1 aliphatic carbocycles. The number of likely N-dealkylation sites (N-methyl/N-ethyl adjacent to an activating group) is 1. The summed E-state index contributed by atoms with van der Waals surface area (Å²) >= 11 is 0. The predicted octanol–water partition coefficient (Wildman–Crippen LogP) is 2.93. The molecule has 1 fully saturated rings. The van der Waals surface area contributed by atoms with Crippen LogP contribution in [0.4, 0.5) is 11.4 Å². The molecule has 4 nitrogen and oxygen atoms in total. The van der Waals surface area contributed by atoms with Gasteiger partial charge in [0, 0.05) is 19.6 Å². The first kappa shape index (κ1) is 14.2. The van der Waals surface area contributed by atoms with Gasteiger partial charge >= 0.3 is 0 Å². The Morgan fingerprint density at radius 1 is 1.14 bits per heavy atom. The Bertz CT molecular complexity index is 509. The Morgan fingerprint density at radius 2 is 1.81 bits per heavy atom. The number of rotatable bonds is 2. The van der Waals surface area contributed by atoms with Crippen LogP contribution in [0.3, 0.4) is 0 Å². The molecule has 1 unspecified atom stereocenters. The third-order valence-corrected chi connectivity index (χ3v) is 4.93. The number of anilines is 2. The number of hydrogen-bond donors (Lipinski definition) is 2. The van der Waals surface area contributed by atoms with Gasteiger partial charge < -0.3 is 15.5 Å². The first-order valence-electron chi connectivity index (χ1n) is 8.01. The zero-order valence-corrected chi connectivity index (χ0v) is 12.9. The lowest BCUT2D eigenvalue weighted by molar-refractivity contribution is -0.133. The van der Waals surface area contributed by atoms with Gasteiger partial charge in [0.25, 0.3) is 0 Å². The van der Waals surface area contributed by atoms with Gasteiger partial charge in [-0.25, -0.2) is 0 Å². The van der Waals surface area contributed by atoms with Crippen molar-refractivity contribution >= 4 is 17.3 Å². The molecule has 0 bridgehead atoms. The summed E-state index contributed by atoms with van der Waals surface area (Å²) in [5.74, 6) is 1.02. The quantitative estimate of drug-likeness (QED) is 0.879. The highest BCUT2D eigenvalue weighted by Gasteiger charge is 2.31. The number of para-hydroxylation sites is 2. The fraction of sp³-hybridized carbons (Fsp3) is 0.588. The SMILES string of the molecule is CC1CCC(N(C)C(=O)C2CNc3ccccc3N2)CC1. The topological polar surface area (TPSA) is 44.4 Å². The lowest BCUT2D eigenvalue weighted by Gasteiger charge is -2.37. The van der Waals surface area contributed by atoms with E-state index >= 15 is 0 Å². The van der Waals surface area contributed by atoms with E-state index in [1.54, 1.807) is 0 Å². The number of carbonyl (C=O) groups is 1. The second-order valence-electron chi connectivity index (χ2n) is 6.49. The molecule has 1 aromatic carbocycles. The third kappa shape index (κ3) is 2.99.